The van der Waals surface area contributed by atoms with Gasteiger partial charge in [-0.1, -0.05) is 61.3 Å². The van der Waals surface area contributed by atoms with Crippen molar-refractivity contribution in [1.29, 1.82) is 0 Å². The van der Waals surface area contributed by atoms with Crippen LogP contribution in [0.1, 0.15) is 74.1 Å². The van der Waals surface area contributed by atoms with E-state index in [1.165, 1.54) is 0 Å². The van der Waals surface area contributed by atoms with Gasteiger partial charge in [0.1, 0.15) is 18.1 Å². The molecule has 0 spiro atoms. The summed E-state index contributed by atoms with van der Waals surface area (Å²) in [4.78, 5) is 61.2. The maximum Gasteiger partial charge on any atom is 0.326 e. The summed E-state index contributed by atoms with van der Waals surface area (Å²) >= 11 is 0. The third kappa shape index (κ3) is 11.2. The smallest absolute Gasteiger partial charge is 0.326 e. The first-order valence-corrected chi connectivity index (χ1v) is 11.8. The Balaban J connectivity index is 5.24. The van der Waals surface area contributed by atoms with Crippen molar-refractivity contribution in [3.05, 3.63) is 0 Å². The maximum absolute atomic E-state index is 12.9. The molecule has 0 saturated carbocycles. The fourth-order valence-electron chi connectivity index (χ4n) is 3.14. The molecule has 0 saturated heterocycles. The van der Waals surface area contributed by atoms with Crippen LogP contribution in [0.3, 0.4) is 0 Å². The van der Waals surface area contributed by atoms with E-state index < -0.39 is 48.4 Å². The number of carbonyl (C=O) groups is 5. The first-order chi connectivity index (χ1) is 15.4. The fraction of sp³-hybridized carbons (Fsp3) is 0.783. The van der Waals surface area contributed by atoms with E-state index in [1.807, 2.05) is 34.6 Å². The molecule has 0 bridgehead atoms. The number of hydrogen-bond donors (Lipinski definition) is 5. The Morgan fingerprint density at radius 1 is 0.727 bits per heavy atom. The summed E-state index contributed by atoms with van der Waals surface area (Å²) < 4.78 is 0. The summed E-state index contributed by atoms with van der Waals surface area (Å²) in [7, 11) is 0. The molecule has 0 aromatic carbocycles. The quantitative estimate of drug-likeness (QED) is 0.242. The van der Waals surface area contributed by atoms with E-state index in [0.717, 1.165) is 0 Å². The van der Waals surface area contributed by atoms with Crippen LogP contribution in [0, 0.1) is 17.8 Å². The van der Waals surface area contributed by atoms with Crippen molar-refractivity contribution >= 4 is 29.6 Å². The van der Waals surface area contributed by atoms with Crippen LogP contribution in [0.15, 0.2) is 0 Å². The van der Waals surface area contributed by atoms with Crippen LogP contribution in [0.25, 0.3) is 0 Å². The first-order valence-electron chi connectivity index (χ1n) is 11.8. The second kappa shape index (κ2) is 15.2. The fourth-order valence-corrected chi connectivity index (χ4v) is 3.14. The standard InChI is InChI=1S/C23H42N4O6/c1-8-14(6)19(27-22(31)20(15(7)9-2)26-17(28)10-3)21(30)24-12-18(29)25-16(23(32)33)11-13(4)5/h13-16,19-20H,8-12H2,1-7H3,(H,24,30)(H,25,29)(H,26,28)(H,27,31)(H,32,33)/t14-,15-,16-,19-,20-/m0/s1. The van der Waals surface area contributed by atoms with Crippen LogP contribution in [-0.4, -0.2) is 59.4 Å². The Kier molecular flexibility index (Phi) is 14.0. The molecule has 0 heterocycles. The monoisotopic (exact) mass is 470 g/mol. The molecule has 0 aliphatic rings. The Hall–Kier alpha value is -2.65. The number of carboxylic acids is 1. The third-order valence-electron chi connectivity index (χ3n) is 5.69. The predicted molar refractivity (Wildman–Crippen MR) is 125 cm³/mol. The minimum absolute atomic E-state index is 0.0673. The molecule has 5 atom stereocenters. The first kappa shape index (κ1) is 30.4. The second-order valence-electron chi connectivity index (χ2n) is 8.96. The van der Waals surface area contributed by atoms with Gasteiger partial charge < -0.3 is 26.4 Å². The van der Waals surface area contributed by atoms with Crippen molar-refractivity contribution in [2.45, 2.75) is 92.3 Å². The summed E-state index contributed by atoms with van der Waals surface area (Å²) in [5.74, 6) is -3.34. The summed E-state index contributed by atoms with van der Waals surface area (Å²) in [6, 6.07) is -2.73. The molecule has 190 valence electrons. The number of nitrogens with one attached hydrogen (secondary N) is 4. The van der Waals surface area contributed by atoms with Crippen molar-refractivity contribution in [3.8, 4) is 0 Å². The van der Waals surface area contributed by atoms with E-state index in [1.54, 1.807) is 13.8 Å². The highest BCUT2D eigenvalue weighted by Crippen LogP contribution is 2.12. The molecule has 33 heavy (non-hydrogen) atoms. The lowest BCUT2D eigenvalue weighted by Gasteiger charge is -2.28. The Labute approximate surface area is 197 Å². The minimum Gasteiger partial charge on any atom is -0.480 e. The summed E-state index contributed by atoms with van der Waals surface area (Å²) in [5.41, 5.74) is 0. The highest BCUT2D eigenvalue weighted by atomic mass is 16.4. The number of aliphatic carboxylic acids is 1. The van der Waals surface area contributed by atoms with E-state index in [0.29, 0.717) is 12.8 Å². The van der Waals surface area contributed by atoms with Gasteiger partial charge in [0.15, 0.2) is 0 Å². The van der Waals surface area contributed by atoms with Crippen molar-refractivity contribution in [3.63, 3.8) is 0 Å². The van der Waals surface area contributed by atoms with E-state index >= 15 is 0 Å². The SMILES string of the molecule is CCC(=O)N[C@H](C(=O)N[C@H](C(=O)NCC(=O)N[C@@H](CC(C)C)C(=O)O)[C@@H](C)CC)[C@@H](C)CC. The highest BCUT2D eigenvalue weighted by Gasteiger charge is 2.32. The normalized spacial score (nSPS) is 15.5. The van der Waals surface area contributed by atoms with Gasteiger partial charge in [0.05, 0.1) is 6.54 Å². The van der Waals surface area contributed by atoms with Gasteiger partial charge >= 0.3 is 5.97 Å². The van der Waals surface area contributed by atoms with Crippen LogP contribution >= 0.6 is 0 Å². The third-order valence-corrected chi connectivity index (χ3v) is 5.69. The zero-order valence-electron chi connectivity index (χ0n) is 21.0. The lowest BCUT2D eigenvalue weighted by molar-refractivity contribution is -0.142. The van der Waals surface area contributed by atoms with Gasteiger partial charge in [0.2, 0.25) is 23.6 Å². The molecule has 4 amide bonds. The van der Waals surface area contributed by atoms with Crippen LogP contribution in [0.5, 0.6) is 0 Å². The van der Waals surface area contributed by atoms with Crippen molar-refractivity contribution in [2.75, 3.05) is 6.54 Å². The number of amides is 4. The van der Waals surface area contributed by atoms with Crippen molar-refractivity contribution < 1.29 is 29.1 Å². The van der Waals surface area contributed by atoms with E-state index in [2.05, 4.69) is 21.3 Å². The van der Waals surface area contributed by atoms with Gasteiger partial charge in [0.25, 0.3) is 0 Å². The molecule has 10 nitrogen and oxygen atoms in total. The maximum atomic E-state index is 12.9. The Morgan fingerprint density at radius 3 is 1.67 bits per heavy atom. The molecule has 0 aliphatic carbocycles. The van der Waals surface area contributed by atoms with Gasteiger partial charge in [-0.05, 0) is 24.2 Å². The molecular weight excluding hydrogens is 428 g/mol. The van der Waals surface area contributed by atoms with Crippen molar-refractivity contribution in [2.24, 2.45) is 17.8 Å². The largest absolute Gasteiger partial charge is 0.480 e. The van der Waals surface area contributed by atoms with Gasteiger partial charge in [-0.2, -0.15) is 0 Å². The number of rotatable bonds is 15. The number of carboxylic acid groups (broad SMARTS) is 1. The summed E-state index contributed by atoms with van der Waals surface area (Å²) in [6.07, 6.45) is 1.75. The van der Waals surface area contributed by atoms with E-state index in [9.17, 15) is 29.1 Å². The molecule has 0 fully saturated rings. The van der Waals surface area contributed by atoms with Gasteiger partial charge in [-0.15, -0.1) is 0 Å². The van der Waals surface area contributed by atoms with Crippen LogP contribution < -0.4 is 21.3 Å². The predicted octanol–water partition coefficient (Wildman–Crippen LogP) is 1.19. The molecular formula is C23H42N4O6. The van der Waals surface area contributed by atoms with Gasteiger partial charge in [-0.3, -0.25) is 19.2 Å². The second-order valence-corrected chi connectivity index (χ2v) is 8.96. The topological polar surface area (TPSA) is 154 Å². The molecule has 0 aliphatic heterocycles. The highest BCUT2D eigenvalue weighted by molar-refractivity contribution is 5.94. The molecule has 10 heteroatoms. The lowest BCUT2D eigenvalue weighted by atomic mass is 9.95. The average molecular weight is 471 g/mol. The lowest BCUT2D eigenvalue weighted by Crippen LogP contribution is -2.58. The average Bonchev–Trinajstić information content (AvgIpc) is 2.76. The summed E-state index contributed by atoms with van der Waals surface area (Å²) in [5, 5.41) is 19.6. The zero-order valence-corrected chi connectivity index (χ0v) is 21.0. The molecule has 0 unspecified atom stereocenters. The van der Waals surface area contributed by atoms with E-state index in [4.69, 9.17) is 0 Å². The molecule has 0 radical (unpaired) electrons. The van der Waals surface area contributed by atoms with E-state index in [-0.39, 0.29) is 36.5 Å². The number of hydrogen-bond acceptors (Lipinski definition) is 5. The molecule has 0 rings (SSSR count). The van der Waals surface area contributed by atoms with Crippen molar-refractivity contribution in [1.82, 2.24) is 21.3 Å². The molecule has 5 N–H and O–H groups in total. The van der Waals surface area contributed by atoms with Crippen LogP contribution in [0.2, 0.25) is 0 Å². The summed E-state index contributed by atoms with van der Waals surface area (Å²) in [6.45, 7) is 12.4. The number of carbonyl (C=O) groups excluding carboxylic acids is 4. The van der Waals surface area contributed by atoms with Crippen LogP contribution in [-0.2, 0) is 24.0 Å². The van der Waals surface area contributed by atoms with Gasteiger partial charge in [-0.25, -0.2) is 4.79 Å². The minimum atomic E-state index is -1.14. The molecule has 0 aromatic heterocycles. The van der Waals surface area contributed by atoms with Crippen LogP contribution in [0.4, 0.5) is 0 Å². The zero-order chi connectivity index (χ0) is 25.7. The van der Waals surface area contributed by atoms with Gasteiger partial charge in [0, 0.05) is 6.42 Å². The Bertz CT molecular complexity index is 682. The molecule has 0 aromatic rings. The Morgan fingerprint density at radius 2 is 1.24 bits per heavy atom.